The summed E-state index contributed by atoms with van der Waals surface area (Å²) in [7, 11) is 4.13. The molecule has 0 saturated carbocycles. The van der Waals surface area contributed by atoms with Crippen molar-refractivity contribution in [2.45, 2.75) is 19.5 Å². The quantitative estimate of drug-likeness (QED) is 0.559. The Morgan fingerprint density at radius 2 is 2.00 bits per heavy atom. The van der Waals surface area contributed by atoms with E-state index in [2.05, 4.69) is 77.6 Å². The molecule has 2 N–H and O–H groups in total. The third-order valence-corrected chi connectivity index (χ3v) is 5.06. The van der Waals surface area contributed by atoms with Crippen molar-refractivity contribution < 1.29 is 4.74 Å². The van der Waals surface area contributed by atoms with E-state index >= 15 is 0 Å². The highest BCUT2D eigenvalue weighted by molar-refractivity contribution is 5.70. The van der Waals surface area contributed by atoms with Crippen molar-refractivity contribution in [2.24, 2.45) is 5.92 Å². The minimum absolute atomic E-state index is 0.504. The summed E-state index contributed by atoms with van der Waals surface area (Å²) in [4.78, 5) is 6.52. The van der Waals surface area contributed by atoms with Gasteiger partial charge >= 0.3 is 0 Å². The molecule has 2 aromatic rings. The zero-order valence-electron chi connectivity index (χ0n) is 18.2. The SMILES string of the molecule is C=CCOc1cc(/C=C/c2cncc(CN(C)C)c2)cc(CNCC2CCNC2)c1. The monoisotopic (exact) mass is 406 g/mol. The smallest absolute Gasteiger partial charge is 0.120 e. The van der Waals surface area contributed by atoms with Gasteiger partial charge < -0.3 is 20.3 Å². The molecule has 0 spiro atoms. The Labute approximate surface area is 180 Å². The predicted molar refractivity (Wildman–Crippen MR) is 125 cm³/mol. The topological polar surface area (TPSA) is 49.4 Å². The van der Waals surface area contributed by atoms with Crippen LogP contribution in [0, 0.1) is 5.92 Å². The van der Waals surface area contributed by atoms with Gasteiger partial charge in [-0.15, -0.1) is 0 Å². The van der Waals surface area contributed by atoms with Crippen LogP contribution in [-0.2, 0) is 13.1 Å². The van der Waals surface area contributed by atoms with Crippen LogP contribution in [0.4, 0.5) is 0 Å². The first-order valence-electron chi connectivity index (χ1n) is 10.7. The molecule has 0 amide bonds. The average molecular weight is 407 g/mol. The van der Waals surface area contributed by atoms with Crippen molar-refractivity contribution in [3.63, 3.8) is 0 Å². The summed E-state index contributed by atoms with van der Waals surface area (Å²) in [5.74, 6) is 1.60. The largest absolute Gasteiger partial charge is 0.490 e. The van der Waals surface area contributed by atoms with E-state index < -0.39 is 0 Å². The van der Waals surface area contributed by atoms with Crippen LogP contribution < -0.4 is 15.4 Å². The lowest BCUT2D eigenvalue weighted by Gasteiger charge is -2.12. The predicted octanol–water partition coefficient (Wildman–Crippen LogP) is 3.58. The first-order valence-corrected chi connectivity index (χ1v) is 10.7. The molecule has 5 heteroatoms. The molecule has 1 unspecified atom stereocenters. The second-order valence-electron chi connectivity index (χ2n) is 8.20. The molecule has 1 aliphatic heterocycles. The summed E-state index contributed by atoms with van der Waals surface area (Å²) in [6.07, 6.45) is 11.1. The molecular weight excluding hydrogens is 372 g/mol. The van der Waals surface area contributed by atoms with Gasteiger partial charge in [-0.25, -0.2) is 0 Å². The highest BCUT2D eigenvalue weighted by Crippen LogP contribution is 2.20. The summed E-state index contributed by atoms with van der Waals surface area (Å²) in [5.41, 5.74) is 4.65. The molecule has 3 rings (SSSR count). The lowest BCUT2D eigenvalue weighted by Crippen LogP contribution is -2.24. The number of nitrogens with zero attached hydrogens (tertiary/aromatic N) is 2. The van der Waals surface area contributed by atoms with E-state index in [9.17, 15) is 0 Å². The Hall–Kier alpha value is -2.47. The van der Waals surface area contributed by atoms with Crippen LogP contribution >= 0.6 is 0 Å². The Kier molecular flexibility index (Phi) is 8.63. The van der Waals surface area contributed by atoms with Crippen LogP contribution in [0.2, 0.25) is 0 Å². The molecule has 1 aliphatic rings. The van der Waals surface area contributed by atoms with Gasteiger partial charge in [0.05, 0.1) is 0 Å². The number of aromatic nitrogens is 1. The minimum Gasteiger partial charge on any atom is -0.490 e. The Morgan fingerprint density at radius 1 is 1.17 bits per heavy atom. The van der Waals surface area contributed by atoms with Crippen LogP contribution in [0.15, 0.2) is 49.3 Å². The highest BCUT2D eigenvalue weighted by atomic mass is 16.5. The van der Waals surface area contributed by atoms with E-state index in [1.54, 1.807) is 6.08 Å². The highest BCUT2D eigenvalue weighted by Gasteiger charge is 2.13. The molecular formula is C25H34N4O. The van der Waals surface area contributed by atoms with Gasteiger partial charge in [0, 0.05) is 25.5 Å². The van der Waals surface area contributed by atoms with Crippen molar-refractivity contribution in [1.82, 2.24) is 20.5 Å². The molecule has 1 aromatic heterocycles. The summed E-state index contributed by atoms with van der Waals surface area (Å²) in [5, 5.41) is 7.02. The molecule has 0 bridgehead atoms. The standard InChI is InChI=1S/C25H34N4O/c1-4-9-30-25-12-20(5-6-21-11-24(18-27-14-21)19-29(2)3)10-23(13-25)17-28-16-22-7-8-26-15-22/h4-6,10-14,18,22,26,28H,1,7-9,15-17,19H2,2-3H3/b6-5+. The molecule has 1 fully saturated rings. The van der Waals surface area contributed by atoms with Crippen molar-refractivity contribution in [2.75, 3.05) is 40.3 Å². The zero-order chi connectivity index (χ0) is 21.2. The van der Waals surface area contributed by atoms with Crippen molar-refractivity contribution in [1.29, 1.82) is 0 Å². The Bertz CT molecular complexity index is 841. The maximum absolute atomic E-state index is 5.82. The normalized spacial score (nSPS) is 16.4. The third kappa shape index (κ3) is 7.41. The van der Waals surface area contributed by atoms with Crippen LogP contribution in [0.25, 0.3) is 12.2 Å². The van der Waals surface area contributed by atoms with E-state index in [4.69, 9.17) is 4.74 Å². The number of rotatable bonds is 11. The lowest BCUT2D eigenvalue weighted by atomic mass is 10.1. The number of ether oxygens (including phenoxy) is 1. The molecule has 160 valence electrons. The number of hydrogen-bond donors (Lipinski definition) is 2. The second-order valence-corrected chi connectivity index (χ2v) is 8.20. The maximum atomic E-state index is 5.82. The van der Waals surface area contributed by atoms with Crippen LogP contribution in [0.1, 0.15) is 28.7 Å². The summed E-state index contributed by atoms with van der Waals surface area (Å²) in [6.45, 7) is 9.27. The van der Waals surface area contributed by atoms with Gasteiger partial charge in [-0.1, -0.05) is 30.9 Å². The third-order valence-electron chi connectivity index (χ3n) is 5.06. The van der Waals surface area contributed by atoms with E-state index in [-0.39, 0.29) is 0 Å². The number of pyridine rings is 1. The summed E-state index contributed by atoms with van der Waals surface area (Å²) >= 11 is 0. The molecule has 1 saturated heterocycles. The molecule has 1 aromatic carbocycles. The molecule has 30 heavy (non-hydrogen) atoms. The zero-order valence-corrected chi connectivity index (χ0v) is 18.2. The molecule has 2 heterocycles. The van der Waals surface area contributed by atoms with Crippen LogP contribution in [0.3, 0.4) is 0 Å². The average Bonchev–Trinajstić information content (AvgIpc) is 3.24. The summed E-state index contributed by atoms with van der Waals surface area (Å²) in [6, 6.07) is 8.58. The molecule has 5 nitrogen and oxygen atoms in total. The number of benzene rings is 1. The molecule has 0 aliphatic carbocycles. The summed E-state index contributed by atoms with van der Waals surface area (Å²) < 4.78 is 5.82. The van der Waals surface area contributed by atoms with E-state index in [1.165, 1.54) is 17.5 Å². The van der Waals surface area contributed by atoms with Crippen molar-refractivity contribution >= 4 is 12.2 Å². The van der Waals surface area contributed by atoms with E-state index in [0.717, 1.165) is 55.5 Å². The fourth-order valence-corrected chi connectivity index (χ4v) is 3.68. The van der Waals surface area contributed by atoms with Gasteiger partial charge in [0.15, 0.2) is 0 Å². The van der Waals surface area contributed by atoms with Crippen LogP contribution in [-0.4, -0.2) is 50.2 Å². The van der Waals surface area contributed by atoms with E-state index in [1.807, 2.05) is 12.4 Å². The van der Waals surface area contributed by atoms with Gasteiger partial charge in [0.2, 0.25) is 0 Å². The van der Waals surface area contributed by atoms with Gasteiger partial charge in [0.25, 0.3) is 0 Å². The van der Waals surface area contributed by atoms with Gasteiger partial charge in [0.1, 0.15) is 12.4 Å². The second kappa shape index (κ2) is 11.6. The Morgan fingerprint density at radius 3 is 2.77 bits per heavy atom. The van der Waals surface area contributed by atoms with Crippen molar-refractivity contribution in [3.05, 3.63) is 71.6 Å². The number of nitrogens with one attached hydrogen (secondary N) is 2. The number of hydrogen-bond acceptors (Lipinski definition) is 5. The first kappa shape index (κ1) is 22.2. The lowest BCUT2D eigenvalue weighted by molar-refractivity contribution is 0.362. The maximum Gasteiger partial charge on any atom is 0.120 e. The Balaban J connectivity index is 1.70. The van der Waals surface area contributed by atoms with Crippen molar-refractivity contribution in [3.8, 4) is 5.75 Å². The minimum atomic E-state index is 0.504. The van der Waals surface area contributed by atoms with Gasteiger partial charge in [-0.3, -0.25) is 4.98 Å². The fraction of sp³-hybridized carbons (Fsp3) is 0.400. The first-order chi connectivity index (χ1) is 14.6. The molecule has 1 atom stereocenters. The van der Waals surface area contributed by atoms with Gasteiger partial charge in [-0.05, 0) is 86.5 Å². The fourth-order valence-electron chi connectivity index (χ4n) is 3.68. The van der Waals surface area contributed by atoms with E-state index in [0.29, 0.717) is 6.61 Å². The van der Waals surface area contributed by atoms with Crippen LogP contribution in [0.5, 0.6) is 5.75 Å². The molecule has 0 radical (unpaired) electrons. The van der Waals surface area contributed by atoms with Gasteiger partial charge in [-0.2, -0.15) is 0 Å².